The highest BCUT2D eigenvalue weighted by atomic mass is 16.1. The maximum absolute atomic E-state index is 10.2. The van der Waals surface area contributed by atoms with Crippen LogP contribution in [0.4, 0.5) is 0 Å². The lowest BCUT2D eigenvalue weighted by molar-refractivity contribution is 0.524. The maximum Gasteiger partial charge on any atom is 0.202 e. The summed E-state index contributed by atoms with van der Waals surface area (Å²) in [6.45, 7) is 6.40. The van der Waals surface area contributed by atoms with E-state index in [-0.39, 0.29) is 11.3 Å². The predicted octanol–water partition coefficient (Wildman–Crippen LogP) is 1.78. The van der Waals surface area contributed by atoms with Crippen molar-refractivity contribution < 1.29 is 4.79 Å². The van der Waals surface area contributed by atoms with Crippen LogP contribution < -0.4 is 0 Å². The molecule has 51 valence electrons. The number of carbonyl (C=O) groups excluding carboxylic acids is 1. The van der Waals surface area contributed by atoms with Gasteiger partial charge >= 0.3 is 0 Å². The van der Waals surface area contributed by atoms with Crippen LogP contribution in [-0.2, 0) is 4.79 Å². The molecule has 0 N–H and O–H groups in total. The van der Waals surface area contributed by atoms with Gasteiger partial charge in [-0.1, -0.05) is 27.2 Å². The van der Waals surface area contributed by atoms with Crippen LogP contribution in [-0.4, -0.2) is 6.29 Å². The minimum Gasteiger partial charge on any atom is -0.291 e. The molecule has 0 heterocycles. The van der Waals surface area contributed by atoms with Crippen molar-refractivity contribution >= 4 is 6.29 Å². The molecule has 2 atom stereocenters. The number of hydrogen-bond donors (Lipinski definition) is 0. The molecule has 1 aliphatic carbocycles. The van der Waals surface area contributed by atoms with Crippen LogP contribution in [0, 0.1) is 17.3 Å². The summed E-state index contributed by atoms with van der Waals surface area (Å²) in [6.07, 6.45) is 3.20. The van der Waals surface area contributed by atoms with Crippen molar-refractivity contribution in [2.24, 2.45) is 17.3 Å². The smallest absolute Gasteiger partial charge is 0.202 e. The van der Waals surface area contributed by atoms with Crippen LogP contribution in [0.1, 0.15) is 27.2 Å². The second kappa shape index (κ2) is 1.83. The highest BCUT2D eigenvalue weighted by molar-refractivity contribution is 5.61. The van der Waals surface area contributed by atoms with Crippen molar-refractivity contribution in [1.82, 2.24) is 0 Å². The maximum atomic E-state index is 10.2. The Morgan fingerprint density at radius 2 is 2.11 bits per heavy atom. The van der Waals surface area contributed by atoms with Crippen LogP contribution in [0.25, 0.3) is 0 Å². The van der Waals surface area contributed by atoms with Crippen LogP contribution in [0.2, 0.25) is 0 Å². The molecule has 1 aliphatic rings. The molecule has 1 radical (unpaired) electrons. The van der Waals surface area contributed by atoms with Gasteiger partial charge in [0.15, 0.2) is 0 Å². The van der Waals surface area contributed by atoms with Crippen molar-refractivity contribution in [1.29, 1.82) is 0 Å². The Hall–Kier alpha value is -0.330. The fourth-order valence-electron chi connectivity index (χ4n) is 1.74. The van der Waals surface area contributed by atoms with Crippen LogP contribution in [0.15, 0.2) is 0 Å². The van der Waals surface area contributed by atoms with E-state index in [0.29, 0.717) is 5.92 Å². The molecular formula is C8H13O. The first kappa shape index (κ1) is 6.79. The van der Waals surface area contributed by atoms with E-state index in [0.717, 1.165) is 6.42 Å². The summed E-state index contributed by atoms with van der Waals surface area (Å²) in [6, 6.07) is 0. The number of hydrogen-bond acceptors (Lipinski definition) is 1. The molecule has 1 heteroatoms. The van der Waals surface area contributed by atoms with Crippen molar-refractivity contribution in [2.45, 2.75) is 27.2 Å². The van der Waals surface area contributed by atoms with Crippen LogP contribution >= 0.6 is 0 Å². The lowest BCUT2D eigenvalue weighted by atomic mass is 10.1. The third kappa shape index (κ3) is 0.790. The van der Waals surface area contributed by atoms with Gasteiger partial charge in [-0.3, -0.25) is 4.79 Å². The van der Waals surface area contributed by atoms with E-state index in [1.165, 1.54) is 0 Å². The van der Waals surface area contributed by atoms with E-state index in [1.54, 1.807) is 0 Å². The van der Waals surface area contributed by atoms with E-state index in [9.17, 15) is 4.79 Å². The summed E-state index contributed by atoms with van der Waals surface area (Å²) < 4.78 is 0. The Morgan fingerprint density at radius 1 is 1.56 bits per heavy atom. The summed E-state index contributed by atoms with van der Waals surface area (Å²) in [7, 11) is 0. The quantitative estimate of drug-likeness (QED) is 0.549. The average molecular weight is 125 g/mol. The van der Waals surface area contributed by atoms with Gasteiger partial charge in [0.1, 0.15) is 0 Å². The Balaban J connectivity index is 2.54. The standard InChI is InChI=1S/C8H13O/c1-4-6-7(5-9)8(6,2)3/h6-7H,4H2,1-3H3. The molecule has 1 nitrogen and oxygen atoms in total. The van der Waals surface area contributed by atoms with E-state index in [2.05, 4.69) is 27.1 Å². The first-order valence-electron chi connectivity index (χ1n) is 3.52. The molecule has 1 saturated carbocycles. The van der Waals surface area contributed by atoms with Gasteiger partial charge in [-0.15, -0.1) is 0 Å². The molecule has 1 rings (SSSR count). The summed E-state index contributed by atoms with van der Waals surface area (Å²) in [5.41, 5.74) is 0.260. The highest BCUT2D eigenvalue weighted by Gasteiger charge is 2.56. The highest BCUT2D eigenvalue weighted by Crippen LogP contribution is 2.58. The second-order valence-electron chi connectivity index (χ2n) is 3.43. The zero-order valence-corrected chi connectivity index (χ0v) is 6.27. The molecule has 0 spiro atoms. The zero-order chi connectivity index (χ0) is 7.07. The Morgan fingerprint density at radius 3 is 2.22 bits per heavy atom. The minimum atomic E-state index is 0.225. The first-order valence-corrected chi connectivity index (χ1v) is 3.52. The molecule has 0 aromatic carbocycles. The average Bonchev–Trinajstić information content (AvgIpc) is 2.32. The van der Waals surface area contributed by atoms with Gasteiger partial charge < -0.3 is 0 Å². The zero-order valence-electron chi connectivity index (χ0n) is 6.27. The monoisotopic (exact) mass is 125 g/mol. The van der Waals surface area contributed by atoms with Gasteiger partial charge in [0.25, 0.3) is 0 Å². The van der Waals surface area contributed by atoms with Crippen molar-refractivity contribution in [3.05, 3.63) is 0 Å². The van der Waals surface area contributed by atoms with E-state index >= 15 is 0 Å². The molecule has 1 fully saturated rings. The summed E-state index contributed by atoms with van der Waals surface area (Å²) in [5.74, 6) is 0.831. The molecule has 0 aromatic heterocycles. The van der Waals surface area contributed by atoms with Crippen LogP contribution in [0.3, 0.4) is 0 Å². The largest absolute Gasteiger partial charge is 0.291 e. The third-order valence-electron chi connectivity index (χ3n) is 2.62. The fourth-order valence-corrected chi connectivity index (χ4v) is 1.74. The van der Waals surface area contributed by atoms with Gasteiger partial charge in [-0.05, 0) is 11.3 Å². The molecular weight excluding hydrogens is 112 g/mol. The van der Waals surface area contributed by atoms with Gasteiger partial charge in [0.05, 0.1) is 0 Å². The molecule has 0 aromatic rings. The Labute approximate surface area is 56.4 Å². The minimum absolute atomic E-state index is 0.225. The van der Waals surface area contributed by atoms with E-state index < -0.39 is 0 Å². The normalized spacial score (nSPS) is 38.1. The van der Waals surface area contributed by atoms with Crippen molar-refractivity contribution in [3.63, 3.8) is 0 Å². The van der Waals surface area contributed by atoms with Gasteiger partial charge in [0, 0.05) is 5.92 Å². The Bertz CT molecular complexity index is 127. The summed E-state index contributed by atoms with van der Waals surface area (Å²) in [4.78, 5) is 10.2. The summed E-state index contributed by atoms with van der Waals surface area (Å²) in [5, 5.41) is 0. The molecule has 2 unspecified atom stereocenters. The van der Waals surface area contributed by atoms with E-state index in [4.69, 9.17) is 0 Å². The van der Waals surface area contributed by atoms with Crippen LogP contribution in [0.5, 0.6) is 0 Å². The molecule has 9 heavy (non-hydrogen) atoms. The third-order valence-corrected chi connectivity index (χ3v) is 2.62. The van der Waals surface area contributed by atoms with Gasteiger partial charge in [0.2, 0.25) is 6.29 Å². The van der Waals surface area contributed by atoms with E-state index in [1.807, 2.05) is 0 Å². The lowest BCUT2D eigenvalue weighted by Crippen LogP contribution is -1.89. The topological polar surface area (TPSA) is 17.1 Å². The molecule has 0 amide bonds. The van der Waals surface area contributed by atoms with Gasteiger partial charge in [-0.2, -0.15) is 0 Å². The summed E-state index contributed by atoms with van der Waals surface area (Å²) >= 11 is 0. The second-order valence-corrected chi connectivity index (χ2v) is 3.43. The van der Waals surface area contributed by atoms with Crippen molar-refractivity contribution in [3.8, 4) is 0 Å². The van der Waals surface area contributed by atoms with Gasteiger partial charge in [-0.25, -0.2) is 0 Å². The lowest BCUT2D eigenvalue weighted by Gasteiger charge is -1.95. The fraction of sp³-hybridized carbons (Fsp3) is 0.875. The molecule has 0 bridgehead atoms. The molecule has 0 saturated heterocycles. The molecule has 0 aliphatic heterocycles. The van der Waals surface area contributed by atoms with Crippen molar-refractivity contribution in [2.75, 3.05) is 0 Å². The predicted molar refractivity (Wildman–Crippen MR) is 36.7 cm³/mol. The number of rotatable bonds is 2. The SMILES string of the molecule is CCC1C([C]=O)C1(C)C. The Kier molecular flexibility index (Phi) is 1.38. The first-order chi connectivity index (χ1) is 4.14.